The molecule has 1 saturated carbocycles. The Morgan fingerprint density at radius 3 is 2.24 bits per heavy atom. The van der Waals surface area contributed by atoms with Gasteiger partial charge in [-0.25, -0.2) is 0 Å². The van der Waals surface area contributed by atoms with E-state index in [2.05, 4.69) is 61.4 Å². The highest BCUT2D eigenvalue weighted by atomic mass is 35.5. The molecule has 360 valence electrons. The largest absolute Gasteiger partial charge is 0.494 e. The van der Waals surface area contributed by atoms with Crippen LogP contribution in [0.3, 0.4) is 0 Å². The third-order valence-electron chi connectivity index (χ3n) is 12.4. The Bertz CT molecular complexity index is 2290. The summed E-state index contributed by atoms with van der Waals surface area (Å²) < 4.78 is 17.9. The molecule has 4 amide bonds. The number of aliphatic hydroxyl groups is 1. The van der Waals surface area contributed by atoms with E-state index in [4.69, 9.17) is 25.8 Å². The molecule has 14 nitrogen and oxygen atoms in total. The summed E-state index contributed by atoms with van der Waals surface area (Å²) in [5, 5.41) is 29.0. The maximum absolute atomic E-state index is 14.0. The van der Waals surface area contributed by atoms with E-state index < -0.39 is 46.2 Å². The first-order chi connectivity index (χ1) is 31.7. The van der Waals surface area contributed by atoms with Crippen molar-refractivity contribution in [1.29, 1.82) is 5.26 Å². The van der Waals surface area contributed by atoms with Gasteiger partial charge in [0.25, 0.3) is 5.91 Å². The number of halogens is 1. The van der Waals surface area contributed by atoms with E-state index in [-0.39, 0.29) is 50.1 Å². The number of aliphatic hydroxyl groups excluding tert-OH is 1. The van der Waals surface area contributed by atoms with Crippen LogP contribution in [-0.4, -0.2) is 103 Å². The van der Waals surface area contributed by atoms with Crippen molar-refractivity contribution in [2.45, 2.75) is 111 Å². The molecule has 0 bridgehead atoms. The summed E-state index contributed by atoms with van der Waals surface area (Å²) in [6.45, 7) is 18.0. The van der Waals surface area contributed by atoms with Gasteiger partial charge in [-0.3, -0.25) is 24.2 Å². The predicted octanol–water partition coefficient (Wildman–Crippen LogP) is 7.56. The van der Waals surface area contributed by atoms with Gasteiger partial charge < -0.3 is 40.2 Å². The fraction of sp³-hybridized carbons (Fsp3) is 0.490. The number of carbonyl (C=O) groups excluding carboxylic acids is 4. The number of nitrogens with zero attached hydrogens (tertiary/aromatic N) is 3. The number of hydrogen-bond donors (Lipinski definition) is 4. The molecule has 67 heavy (non-hydrogen) atoms. The lowest BCUT2D eigenvalue weighted by molar-refractivity contribution is -0.164. The van der Waals surface area contributed by atoms with Gasteiger partial charge in [0.15, 0.2) is 0 Å². The number of nitriles is 1. The van der Waals surface area contributed by atoms with E-state index in [0.29, 0.717) is 47.3 Å². The lowest BCUT2D eigenvalue weighted by Gasteiger charge is -2.63. The first kappa shape index (κ1) is 52.6. The Labute approximate surface area is 404 Å². The van der Waals surface area contributed by atoms with Crippen LogP contribution in [0.5, 0.6) is 11.5 Å². The van der Waals surface area contributed by atoms with Crippen LogP contribution in [0.2, 0.25) is 5.02 Å². The average Bonchev–Trinajstić information content (AvgIpc) is 3.69. The van der Waals surface area contributed by atoms with Crippen molar-refractivity contribution in [1.82, 2.24) is 20.9 Å². The first-order valence-electron chi connectivity index (χ1n) is 22.5. The summed E-state index contributed by atoms with van der Waals surface area (Å²) in [6, 6.07) is 19.8. The van der Waals surface area contributed by atoms with Crippen LogP contribution in [-0.2, 0) is 25.7 Å². The summed E-state index contributed by atoms with van der Waals surface area (Å²) in [5.41, 5.74) is 1.26. The van der Waals surface area contributed by atoms with Crippen molar-refractivity contribution in [3.05, 3.63) is 100 Å². The molecule has 0 aromatic heterocycles. The fourth-order valence-electron chi connectivity index (χ4n) is 9.10. The number of rotatable bonds is 21. The highest BCUT2D eigenvalue weighted by Crippen LogP contribution is 2.55. The van der Waals surface area contributed by atoms with Crippen LogP contribution in [0, 0.1) is 27.6 Å². The van der Waals surface area contributed by atoms with Gasteiger partial charge in [0.2, 0.25) is 17.7 Å². The smallest absolute Gasteiger partial charge is 0.251 e. The number of unbranched alkanes of at least 4 members (excludes halogenated alkanes) is 2. The van der Waals surface area contributed by atoms with Crippen molar-refractivity contribution in [3.8, 4) is 17.6 Å². The second-order valence-corrected chi connectivity index (χ2v) is 20.6. The Morgan fingerprint density at radius 1 is 0.985 bits per heavy atom. The van der Waals surface area contributed by atoms with Crippen LogP contribution < -0.4 is 25.4 Å². The third-order valence-corrected chi connectivity index (χ3v) is 13.5. The SMILES string of the molecule is C=N/C=C(\SC)c1ccc(CNC(=O)[C@@H]2C[C@@H](O)CN2C(=O)[C@@H](NC(=O)COCCCCCOc2ccc(C(=O)N[C@H]3C(C)(C)[C@H](Oc4ccc(C#N)c(Cl)c4)C3(C)C)cc2)C(C)(C)C)cc1. The van der Waals surface area contributed by atoms with E-state index in [1.54, 1.807) is 60.4 Å². The summed E-state index contributed by atoms with van der Waals surface area (Å²) in [5.74, 6) is -0.256. The molecule has 1 heterocycles. The standard InChI is InChI=1S/C51H65ClN6O8S/c1-49(2,3)43(46(63)58-30-36(59)25-40(58)45(62)55-28-32-13-15-33(16-14-32)41(67-9)29-54-8)56-42(60)31-64-23-11-10-12-24-65-37-20-17-34(18-21-37)44(61)57-47-50(4,5)48(51(47,6)7)66-38-22-19-35(27-53)39(52)26-38/h13-22,26,29,36,40,43,47-48,59H,8,10-12,23-25,28,30-31H2,1-7,9H3,(H,55,62)(H,56,60)(H,57,61)/b41-29-/t36-,40+,43-,47-,48-/m1/s1. The predicted molar refractivity (Wildman–Crippen MR) is 263 cm³/mol. The molecular weight excluding hydrogens is 892 g/mol. The molecule has 4 N–H and O–H groups in total. The second-order valence-electron chi connectivity index (χ2n) is 19.3. The number of hydrogen-bond acceptors (Lipinski definition) is 11. The van der Waals surface area contributed by atoms with Gasteiger partial charge in [-0.15, -0.1) is 11.8 Å². The van der Waals surface area contributed by atoms with Gasteiger partial charge in [-0.2, -0.15) is 5.26 Å². The minimum Gasteiger partial charge on any atom is -0.494 e. The third kappa shape index (κ3) is 13.4. The maximum Gasteiger partial charge on any atom is 0.251 e. The van der Waals surface area contributed by atoms with Crippen LogP contribution in [0.1, 0.15) is 101 Å². The summed E-state index contributed by atoms with van der Waals surface area (Å²) >= 11 is 7.79. The van der Waals surface area contributed by atoms with Crippen LogP contribution in [0.15, 0.2) is 77.9 Å². The molecule has 1 aliphatic carbocycles. The van der Waals surface area contributed by atoms with Gasteiger partial charge in [0.05, 0.1) is 23.3 Å². The molecule has 1 saturated heterocycles. The van der Waals surface area contributed by atoms with E-state index in [9.17, 15) is 29.5 Å². The Hall–Kier alpha value is -5.40. The Balaban J connectivity index is 0.997. The maximum atomic E-state index is 14.0. The molecule has 2 fully saturated rings. The van der Waals surface area contributed by atoms with Gasteiger partial charge >= 0.3 is 0 Å². The lowest BCUT2D eigenvalue weighted by atomic mass is 9.49. The van der Waals surface area contributed by atoms with Gasteiger partial charge in [-0.1, -0.05) is 84.3 Å². The Morgan fingerprint density at radius 2 is 1.63 bits per heavy atom. The molecule has 1 aliphatic heterocycles. The summed E-state index contributed by atoms with van der Waals surface area (Å²) in [7, 11) is 0. The zero-order chi connectivity index (χ0) is 49.1. The zero-order valence-electron chi connectivity index (χ0n) is 39.8. The second kappa shape index (κ2) is 23.1. The monoisotopic (exact) mass is 956 g/mol. The van der Waals surface area contributed by atoms with Gasteiger partial charge in [0.1, 0.15) is 42.4 Å². The number of ether oxygens (including phenoxy) is 3. The van der Waals surface area contributed by atoms with E-state index in [1.807, 2.05) is 51.3 Å². The molecule has 0 radical (unpaired) electrons. The minimum absolute atomic E-state index is 0.0200. The fourth-order valence-corrected chi connectivity index (χ4v) is 9.86. The highest BCUT2D eigenvalue weighted by Gasteiger charge is 2.64. The molecule has 0 spiro atoms. The van der Waals surface area contributed by atoms with Crippen LogP contribution >= 0.6 is 23.4 Å². The summed E-state index contributed by atoms with van der Waals surface area (Å²) in [4.78, 5) is 59.9. The molecule has 3 aromatic rings. The molecule has 5 rings (SSSR count). The first-order valence-corrected chi connectivity index (χ1v) is 24.1. The number of carbonyl (C=O) groups is 4. The number of likely N-dealkylation sites (tertiary alicyclic amines) is 1. The number of amides is 4. The van der Waals surface area contributed by atoms with Crippen molar-refractivity contribution >= 4 is 58.6 Å². The quantitative estimate of drug-likeness (QED) is 0.0612. The molecule has 3 atom stereocenters. The van der Waals surface area contributed by atoms with Crippen molar-refractivity contribution in [2.75, 3.05) is 32.6 Å². The van der Waals surface area contributed by atoms with Crippen LogP contribution in [0.4, 0.5) is 0 Å². The topological polar surface area (TPSA) is 192 Å². The number of nitrogens with one attached hydrogen (secondary N) is 3. The Kier molecular flexibility index (Phi) is 18.1. The van der Waals surface area contributed by atoms with E-state index in [0.717, 1.165) is 28.9 Å². The van der Waals surface area contributed by atoms with Crippen molar-refractivity contribution < 1.29 is 38.5 Å². The molecule has 2 aliphatic rings. The van der Waals surface area contributed by atoms with Crippen molar-refractivity contribution in [3.63, 3.8) is 0 Å². The lowest BCUT2D eigenvalue weighted by Crippen LogP contribution is -2.74. The van der Waals surface area contributed by atoms with E-state index >= 15 is 0 Å². The van der Waals surface area contributed by atoms with E-state index in [1.165, 1.54) is 4.90 Å². The molecule has 16 heteroatoms. The highest BCUT2D eigenvalue weighted by molar-refractivity contribution is 8.07. The zero-order valence-corrected chi connectivity index (χ0v) is 41.4. The van der Waals surface area contributed by atoms with Crippen LogP contribution in [0.25, 0.3) is 4.91 Å². The minimum atomic E-state index is -0.959. The van der Waals surface area contributed by atoms with Crippen molar-refractivity contribution in [2.24, 2.45) is 21.2 Å². The molecular formula is C51H65ClN6O8S. The summed E-state index contributed by atoms with van der Waals surface area (Å²) in [6.07, 6.45) is 4.87. The number of aliphatic imine (C=N–C) groups is 1. The number of benzene rings is 3. The average molecular weight is 958 g/mol. The number of β-amino-alcohol motifs (C(OH)–C–C–N with tert-alkyl or cyclic N) is 1. The normalized spacial score (nSPS) is 20.1. The molecule has 3 aromatic carbocycles. The van der Waals surface area contributed by atoms with Gasteiger partial charge in [0, 0.05) is 65.7 Å². The number of thioether (sulfide) groups is 1. The molecule has 0 unspecified atom stereocenters. The van der Waals surface area contributed by atoms with Gasteiger partial charge in [-0.05, 0) is 85.2 Å².